The Kier molecular flexibility index (Phi) is 7.26. The molecule has 1 unspecified atom stereocenters. The van der Waals surface area contributed by atoms with Gasteiger partial charge in [0.05, 0.1) is 6.42 Å². The molecule has 0 fully saturated rings. The van der Waals surface area contributed by atoms with Crippen LogP contribution >= 0.6 is 0 Å². The summed E-state index contributed by atoms with van der Waals surface area (Å²) in [6.07, 6.45) is 1.77. The van der Waals surface area contributed by atoms with E-state index in [4.69, 9.17) is 9.84 Å². The summed E-state index contributed by atoms with van der Waals surface area (Å²) in [7, 11) is 1.67. The summed E-state index contributed by atoms with van der Waals surface area (Å²) in [5.74, 6) is -0.764. The predicted molar refractivity (Wildman–Crippen MR) is 80.2 cm³/mol. The van der Waals surface area contributed by atoms with E-state index in [1.807, 2.05) is 0 Å². The van der Waals surface area contributed by atoms with E-state index in [1.165, 1.54) is 16.7 Å². The Bertz CT molecular complexity index is 432. The third kappa shape index (κ3) is 6.17. The van der Waals surface area contributed by atoms with Crippen LogP contribution in [-0.4, -0.2) is 37.4 Å². The minimum absolute atomic E-state index is 0.0372. The van der Waals surface area contributed by atoms with Gasteiger partial charge in [-0.25, -0.2) is 0 Å². The molecule has 0 aliphatic carbocycles. The number of aryl methyl sites for hydroxylation is 2. The summed E-state index contributed by atoms with van der Waals surface area (Å²) >= 11 is 0. The lowest BCUT2D eigenvalue weighted by Crippen LogP contribution is -2.34. The minimum Gasteiger partial charge on any atom is -0.481 e. The van der Waals surface area contributed by atoms with Crippen LogP contribution in [0.15, 0.2) is 18.2 Å². The first-order valence-electron chi connectivity index (χ1n) is 7.03. The maximum absolute atomic E-state index is 11.0. The van der Waals surface area contributed by atoms with Gasteiger partial charge in [0.2, 0.25) is 0 Å². The molecule has 0 amide bonds. The van der Waals surface area contributed by atoms with Crippen molar-refractivity contribution < 1.29 is 14.6 Å². The van der Waals surface area contributed by atoms with Gasteiger partial charge >= 0.3 is 5.97 Å². The van der Waals surface area contributed by atoms with Gasteiger partial charge in [0.15, 0.2) is 0 Å². The lowest BCUT2D eigenvalue weighted by atomic mass is 9.97. The number of hydrogen-bond donors (Lipinski definition) is 2. The molecular formula is C16H25NO3. The summed E-state index contributed by atoms with van der Waals surface area (Å²) < 4.78 is 5.00. The first-order valence-corrected chi connectivity index (χ1v) is 7.03. The first kappa shape index (κ1) is 16.7. The van der Waals surface area contributed by atoms with E-state index < -0.39 is 5.97 Å². The van der Waals surface area contributed by atoms with Crippen molar-refractivity contribution >= 4 is 5.97 Å². The highest BCUT2D eigenvalue weighted by molar-refractivity contribution is 5.67. The van der Waals surface area contributed by atoms with Gasteiger partial charge in [-0.1, -0.05) is 23.8 Å². The molecule has 0 aromatic heterocycles. The van der Waals surface area contributed by atoms with Crippen LogP contribution in [0.5, 0.6) is 0 Å². The Morgan fingerprint density at radius 1 is 1.40 bits per heavy atom. The van der Waals surface area contributed by atoms with Crippen molar-refractivity contribution in [2.75, 3.05) is 20.3 Å². The Labute approximate surface area is 121 Å². The fourth-order valence-electron chi connectivity index (χ4n) is 2.24. The van der Waals surface area contributed by atoms with Gasteiger partial charge in [0.1, 0.15) is 0 Å². The molecule has 0 saturated heterocycles. The molecule has 1 rings (SSSR count). The van der Waals surface area contributed by atoms with Crippen molar-refractivity contribution in [3.8, 4) is 0 Å². The van der Waals surface area contributed by atoms with Crippen molar-refractivity contribution in [1.29, 1.82) is 0 Å². The zero-order chi connectivity index (χ0) is 15.0. The van der Waals surface area contributed by atoms with Crippen molar-refractivity contribution in [2.24, 2.45) is 0 Å². The Morgan fingerprint density at radius 2 is 2.15 bits per heavy atom. The smallest absolute Gasteiger partial charge is 0.304 e. The number of rotatable bonds is 9. The monoisotopic (exact) mass is 279 g/mol. The van der Waals surface area contributed by atoms with Crippen LogP contribution in [-0.2, 0) is 16.0 Å². The van der Waals surface area contributed by atoms with Gasteiger partial charge in [-0.05, 0) is 44.4 Å². The second kappa shape index (κ2) is 8.72. The number of nitrogens with one attached hydrogen (secondary N) is 1. The maximum Gasteiger partial charge on any atom is 0.304 e. The number of aliphatic carboxylic acids is 1. The average molecular weight is 279 g/mol. The molecule has 4 heteroatoms. The number of ether oxygens (including phenoxy) is 1. The molecule has 0 saturated carbocycles. The van der Waals surface area contributed by atoms with Gasteiger partial charge in [0.25, 0.3) is 0 Å². The van der Waals surface area contributed by atoms with Crippen LogP contribution in [0, 0.1) is 13.8 Å². The van der Waals surface area contributed by atoms with Crippen molar-refractivity contribution in [2.45, 2.75) is 39.2 Å². The molecule has 1 aromatic rings. The number of carbonyl (C=O) groups is 1. The van der Waals surface area contributed by atoms with Crippen molar-refractivity contribution in [1.82, 2.24) is 5.32 Å². The number of carboxylic acid groups (broad SMARTS) is 1. The Hall–Kier alpha value is -1.39. The zero-order valence-electron chi connectivity index (χ0n) is 12.6. The third-order valence-electron chi connectivity index (χ3n) is 3.35. The lowest BCUT2D eigenvalue weighted by molar-refractivity contribution is -0.137. The van der Waals surface area contributed by atoms with Crippen LogP contribution in [0.2, 0.25) is 0 Å². The molecule has 0 bridgehead atoms. The van der Waals surface area contributed by atoms with Crippen LogP contribution in [0.1, 0.15) is 29.5 Å². The summed E-state index contributed by atoms with van der Waals surface area (Å²) in [5, 5.41) is 12.3. The fraction of sp³-hybridized carbons (Fsp3) is 0.562. The van der Waals surface area contributed by atoms with Gasteiger partial charge in [-0.2, -0.15) is 0 Å². The zero-order valence-corrected chi connectivity index (χ0v) is 12.6. The second-order valence-corrected chi connectivity index (χ2v) is 5.23. The predicted octanol–water partition coefficient (Wildman–Crippen LogP) is 2.32. The molecule has 4 nitrogen and oxygen atoms in total. The summed E-state index contributed by atoms with van der Waals surface area (Å²) in [5.41, 5.74) is 3.64. The molecule has 0 spiro atoms. The quantitative estimate of drug-likeness (QED) is 0.681. The number of carboxylic acids is 1. The molecule has 0 heterocycles. The fourth-order valence-corrected chi connectivity index (χ4v) is 2.24. The normalized spacial score (nSPS) is 12.3. The van der Waals surface area contributed by atoms with E-state index in [0.717, 1.165) is 19.4 Å². The highest BCUT2D eigenvalue weighted by Crippen LogP contribution is 2.14. The van der Waals surface area contributed by atoms with Crippen LogP contribution < -0.4 is 5.32 Å². The van der Waals surface area contributed by atoms with E-state index >= 15 is 0 Å². The molecule has 0 radical (unpaired) electrons. The van der Waals surface area contributed by atoms with Gasteiger partial charge < -0.3 is 15.2 Å². The Morgan fingerprint density at radius 3 is 2.80 bits per heavy atom. The number of benzene rings is 1. The molecule has 2 N–H and O–H groups in total. The lowest BCUT2D eigenvalue weighted by Gasteiger charge is -2.18. The highest BCUT2D eigenvalue weighted by Gasteiger charge is 2.14. The topological polar surface area (TPSA) is 58.6 Å². The average Bonchev–Trinajstić information content (AvgIpc) is 2.38. The molecule has 112 valence electrons. The van der Waals surface area contributed by atoms with E-state index in [9.17, 15) is 4.79 Å². The number of hydrogen-bond acceptors (Lipinski definition) is 3. The van der Waals surface area contributed by atoms with E-state index in [1.54, 1.807) is 7.11 Å². The van der Waals surface area contributed by atoms with E-state index in [2.05, 4.69) is 37.4 Å². The molecule has 20 heavy (non-hydrogen) atoms. The molecule has 0 aliphatic heterocycles. The Balaban J connectivity index is 2.63. The van der Waals surface area contributed by atoms with Crippen LogP contribution in [0.3, 0.4) is 0 Å². The molecule has 1 atom stereocenters. The van der Waals surface area contributed by atoms with Gasteiger partial charge in [-0.15, -0.1) is 0 Å². The molecular weight excluding hydrogens is 254 g/mol. The standard InChI is InChI=1S/C16H25NO3/c1-12-5-6-13(2)14(9-12)10-15(11-16(18)19)17-7-4-8-20-3/h5-6,9,15,17H,4,7-8,10-11H2,1-3H3,(H,18,19). The highest BCUT2D eigenvalue weighted by atomic mass is 16.5. The van der Waals surface area contributed by atoms with Crippen LogP contribution in [0.25, 0.3) is 0 Å². The van der Waals surface area contributed by atoms with E-state index in [0.29, 0.717) is 6.61 Å². The third-order valence-corrected chi connectivity index (χ3v) is 3.35. The molecule has 0 aliphatic rings. The van der Waals surface area contributed by atoms with Crippen molar-refractivity contribution in [3.05, 3.63) is 34.9 Å². The van der Waals surface area contributed by atoms with Gasteiger partial charge in [-0.3, -0.25) is 4.79 Å². The summed E-state index contributed by atoms with van der Waals surface area (Å²) in [4.78, 5) is 11.0. The summed E-state index contributed by atoms with van der Waals surface area (Å²) in [6.45, 7) is 5.59. The van der Waals surface area contributed by atoms with Gasteiger partial charge in [0, 0.05) is 19.8 Å². The SMILES string of the molecule is COCCCNC(CC(=O)O)Cc1cc(C)ccc1C. The first-order chi connectivity index (χ1) is 9.52. The largest absolute Gasteiger partial charge is 0.481 e. The number of methoxy groups -OCH3 is 1. The van der Waals surface area contributed by atoms with Crippen molar-refractivity contribution in [3.63, 3.8) is 0 Å². The van der Waals surface area contributed by atoms with E-state index in [-0.39, 0.29) is 12.5 Å². The maximum atomic E-state index is 11.0. The van der Waals surface area contributed by atoms with Crippen LogP contribution in [0.4, 0.5) is 0 Å². The molecule has 1 aromatic carbocycles. The summed E-state index contributed by atoms with van der Waals surface area (Å²) in [6, 6.07) is 6.27. The second-order valence-electron chi connectivity index (χ2n) is 5.23. The minimum atomic E-state index is -0.764.